The van der Waals surface area contributed by atoms with Gasteiger partial charge in [0.15, 0.2) is 0 Å². The van der Waals surface area contributed by atoms with Crippen LogP contribution in [0.25, 0.3) is 0 Å². The molecule has 0 N–H and O–H groups in total. The summed E-state index contributed by atoms with van der Waals surface area (Å²) in [7, 11) is 0. The molecule has 0 unspecified atom stereocenters. The van der Waals surface area contributed by atoms with Crippen LogP contribution in [0.5, 0.6) is 0 Å². The first-order valence-corrected chi connectivity index (χ1v) is 1.91. The van der Waals surface area contributed by atoms with E-state index in [0.717, 1.165) is 0 Å². The standard InChI is InChI=1S/C4H10.Li/c1-3-4-2;/h3-4H2,1-2H3;. The van der Waals surface area contributed by atoms with Crippen molar-refractivity contribution in [3.8, 4) is 0 Å². The van der Waals surface area contributed by atoms with Gasteiger partial charge in [0.25, 0.3) is 0 Å². The molecule has 0 aromatic rings. The zero-order valence-corrected chi connectivity index (χ0v) is 4.41. The zero-order valence-electron chi connectivity index (χ0n) is 4.41. The normalized spacial score (nSPS) is 6.00. The van der Waals surface area contributed by atoms with Gasteiger partial charge < -0.3 is 0 Å². The minimum atomic E-state index is 0. The Morgan fingerprint density at radius 1 is 1.00 bits per heavy atom. The predicted octanol–water partition coefficient (Wildman–Crippen LogP) is 1.43. The molecule has 27 valence electrons. The van der Waals surface area contributed by atoms with E-state index in [1.165, 1.54) is 12.8 Å². The maximum Gasteiger partial charge on any atom is 0 e. The van der Waals surface area contributed by atoms with Crippen LogP contribution in [0.3, 0.4) is 0 Å². The Morgan fingerprint density at radius 2 is 1.20 bits per heavy atom. The van der Waals surface area contributed by atoms with Crippen molar-refractivity contribution in [2.45, 2.75) is 26.7 Å². The van der Waals surface area contributed by atoms with Crippen LogP contribution in [-0.2, 0) is 0 Å². The van der Waals surface area contributed by atoms with Crippen molar-refractivity contribution in [3.63, 3.8) is 0 Å². The average Bonchev–Trinajstić information content (AvgIpc) is 1.37. The van der Waals surface area contributed by atoms with Gasteiger partial charge in [0.05, 0.1) is 0 Å². The van der Waals surface area contributed by atoms with Crippen molar-refractivity contribution in [3.05, 3.63) is 0 Å². The Balaban J connectivity index is 0. The summed E-state index contributed by atoms with van der Waals surface area (Å²) in [4.78, 5) is 0. The van der Waals surface area contributed by atoms with Crippen LogP contribution in [0.1, 0.15) is 26.7 Å². The molecule has 0 aliphatic rings. The van der Waals surface area contributed by atoms with Crippen LogP contribution in [0.4, 0.5) is 0 Å². The summed E-state index contributed by atoms with van der Waals surface area (Å²) in [5.41, 5.74) is 0. The molecule has 0 saturated heterocycles. The molecule has 0 heterocycles. The first-order valence-electron chi connectivity index (χ1n) is 1.91. The van der Waals surface area contributed by atoms with Crippen molar-refractivity contribution in [2.24, 2.45) is 0 Å². The summed E-state index contributed by atoms with van der Waals surface area (Å²) in [5.74, 6) is 0. The van der Waals surface area contributed by atoms with Crippen molar-refractivity contribution in [1.29, 1.82) is 0 Å². The molecule has 1 radical (unpaired) electrons. The molecule has 0 atom stereocenters. The third-order valence-corrected chi connectivity index (χ3v) is 0.500. The molecule has 0 aromatic carbocycles. The third kappa shape index (κ3) is 12.2. The molecule has 0 rings (SSSR count). The Labute approximate surface area is 46.1 Å². The summed E-state index contributed by atoms with van der Waals surface area (Å²) in [6.45, 7) is 4.36. The van der Waals surface area contributed by atoms with Gasteiger partial charge in [-0.25, -0.2) is 0 Å². The van der Waals surface area contributed by atoms with Gasteiger partial charge >= 0.3 is 0 Å². The minimum absolute atomic E-state index is 0. The second kappa shape index (κ2) is 8.82. The predicted molar refractivity (Wildman–Crippen MR) is 26.3 cm³/mol. The van der Waals surface area contributed by atoms with Crippen LogP contribution < -0.4 is 0 Å². The van der Waals surface area contributed by atoms with E-state index < -0.39 is 0 Å². The van der Waals surface area contributed by atoms with Gasteiger partial charge in [0, 0.05) is 18.9 Å². The van der Waals surface area contributed by atoms with Gasteiger partial charge in [-0.3, -0.25) is 0 Å². The van der Waals surface area contributed by atoms with Crippen molar-refractivity contribution >= 4 is 18.9 Å². The average molecular weight is 65.1 g/mol. The molecule has 0 bridgehead atoms. The third-order valence-electron chi connectivity index (χ3n) is 0.500. The van der Waals surface area contributed by atoms with E-state index in [1.54, 1.807) is 0 Å². The topological polar surface area (TPSA) is 0 Å². The summed E-state index contributed by atoms with van der Waals surface area (Å²) in [6.07, 6.45) is 2.64. The van der Waals surface area contributed by atoms with Gasteiger partial charge in [-0.15, -0.1) is 0 Å². The molecule has 0 amide bonds. The molecular weight excluding hydrogens is 55.0 g/mol. The van der Waals surface area contributed by atoms with Gasteiger partial charge in [-0.1, -0.05) is 26.7 Å². The zero-order chi connectivity index (χ0) is 3.41. The maximum absolute atomic E-state index is 2.18. The number of unbranched alkanes of at least 4 members (excludes halogenated alkanes) is 1. The summed E-state index contributed by atoms with van der Waals surface area (Å²) in [5, 5.41) is 0. The first kappa shape index (κ1) is 9.14. The van der Waals surface area contributed by atoms with Gasteiger partial charge in [0.2, 0.25) is 0 Å². The molecule has 0 aromatic heterocycles. The number of rotatable bonds is 1. The van der Waals surface area contributed by atoms with E-state index in [-0.39, 0.29) is 18.9 Å². The van der Waals surface area contributed by atoms with E-state index in [0.29, 0.717) is 0 Å². The van der Waals surface area contributed by atoms with Crippen LogP contribution in [0.2, 0.25) is 0 Å². The monoisotopic (exact) mass is 65.1 g/mol. The molecule has 1 heteroatoms. The molecule has 0 nitrogen and oxygen atoms in total. The second-order valence-electron chi connectivity index (χ2n) is 1.000. The fraction of sp³-hybridized carbons (Fsp3) is 1.00. The molecule has 0 aliphatic heterocycles. The molecule has 0 aliphatic carbocycles. The largest absolute Gasteiger partial charge is 0.0654 e. The van der Waals surface area contributed by atoms with E-state index >= 15 is 0 Å². The minimum Gasteiger partial charge on any atom is -0.0654 e. The Bertz CT molecular complexity index is 5.61. The van der Waals surface area contributed by atoms with E-state index in [9.17, 15) is 0 Å². The summed E-state index contributed by atoms with van der Waals surface area (Å²) < 4.78 is 0. The molecule has 5 heavy (non-hydrogen) atoms. The van der Waals surface area contributed by atoms with Crippen LogP contribution >= 0.6 is 0 Å². The molecule has 0 fully saturated rings. The quantitative estimate of drug-likeness (QED) is 0.405. The Morgan fingerprint density at radius 3 is 1.20 bits per heavy atom. The Hall–Kier alpha value is 0.597. The van der Waals surface area contributed by atoms with Crippen LogP contribution in [-0.4, -0.2) is 18.9 Å². The molecule has 0 saturated carbocycles. The molecular formula is C4H10Li. The maximum atomic E-state index is 2.18. The van der Waals surface area contributed by atoms with Gasteiger partial charge in [-0.2, -0.15) is 0 Å². The van der Waals surface area contributed by atoms with Gasteiger partial charge in [-0.05, 0) is 0 Å². The summed E-state index contributed by atoms with van der Waals surface area (Å²) >= 11 is 0. The second-order valence-corrected chi connectivity index (χ2v) is 1.000. The van der Waals surface area contributed by atoms with Crippen LogP contribution in [0, 0.1) is 0 Å². The Kier molecular flexibility index (Phi) is 16.1. The first-order chi connectivity index (χ1) is 1.91. The van der Waals surface area contributed by atoms with E-state index in [4.69, 9.17) is 0 Å². The number of hydrogen-bond donors (Lipinski definition) is 0. The van der Waals surface area contributed by atoms with Crippen molar-refractivity contribution in [1.82, 2.24) is 0 Å². The molecule has 0 spiro atoms. The van der Waals surface area contributed by atoms with Crippen LogP contribution in [0.15, 0.2) is 0 Å². The fourth-order valence-electron chi connectivity index (χ4n) is 0. The van der Waals surface area contributed by atoms with Crippen molar-refractivity contribution in [2.75, 3.05) is 0 Å². The van der Waals surface area contributed by atoms with Crippen molar-refractivity contribution < 1.29 is 0 Å². The fourth-order valence-corrected chi connectivity index (χ4v) is 0. The SMILES string of the molecule is CCCC.[Li]. The van der Waals surface area contributed by atoms with Gasteiger partial charge in [0.1, 0.15) is 0 Å². The number of hydrogen-bond acceptors (Lipinski definition) is 0. The summed E-state index contributed by atoms with van der Waals surface area (Å²) in [6, 6.07) is 0. The van der Waals surface area contributed by atoms with E-state index in [2.05, 4.69) is 13.8 Å². The van der Waals surface area contributed by atoms with E-state index in [1.807, 2.05) is 0 Å². The smallest absolute Gasteiger partial charge is 0 e.